The molecule has 0 aliphatic carbocycles. The molecule has 1 amide bonds. The number of nitrogens with two attached hydrogens (primary N) is 1. The van der Waals surface area contributed by atoms with Crippen molar-refractivity contribution in [2.24, 2.45) is 5.73 Å². The summed E-state index contributed by atoms with van der Waals surface area (Å²) in [6.07, 6.45) is 0. The van der Waals surface area contributed by atoms with Crippen molar-refractivity contribution in [2.45, 2.75) is 13.5 Å². The molecule has 0 radical (unpaired) electrons. The highest BCUT2D eigenvalue weighted by Crippen LogP contribution is 2.25. The van der Waals surface area contributed by atoms with Crippen LogP contribution in [0, 0.1) is 6.92 Å². The van der Waals surface area contributed by atoms with Gasteiger partial charge in [0.05, 0.1) is 16.8 Å². The first-order valence-corrected chi connectivity index (χ1v) is 5.91. The lowest BCUT2D eigenvalue weighted by molar-refractivity contribution is 0.100. The van der Waals surface area contributed by atoms with E-state index in [1.807, 2.05) is 0 Å². The largest absolute Gasteiger partial charge is 0.365 e. The molecule has 0 bridgehead atoms. The zero-order valence-corrected chi connectivity index (χ0v) is 10.3. The average molecular weight is 271 g/mol. The summed E-state index contributed by atoms with van der Waals surface area (Å²) in [6, 6.07) is 0. The molecule has 2 heterocycles. The van der Waals surface area contributed by atoms with Gasteiger partial charge in [-0.25, -0.2) is 9.18 Å². The molecule has 0 atom stereocenters. The van der Waals surface area contributed by atoms with Crippen LogP contribution >= 0.6 is 11.3 Å². The van der Waals surface area contributed by atoms with E-state index in [0.29, 0.717) is 5.56 Å². The third-order valence-corrected chi connectivity index (χ3v) is 3.83. The fraction of sp³-hybridized carbons (Fsp3) is 0.300. The van der Waals surface area contributed by atoms with Crippen molar-refractivity contribution in [1.29, 1.82) is 0 Å². The van der Waals surface area contributed by atoms with E-state index in [1.165, 1.54) is 0 Å². The number of nitrogens with one attached hydrogen (secondary N) is 1. The van der Waals surface area contributed by atoms with Crippen LogP contribution < -0.4 is 17.0 Å². The van der Waals surface area contributed by atoms with E-state index >= 15 is 0 Å². The van der Waals surface area contributed by atoms with Gasteiger partial charge in [-0.05, 0) is 12.5 Å². The lowest BCUT2D eigenvalue weighted by Crippen LogP contribution is -2.35. The zero-order valence-electron chi connectivity index (χ0n) is 9.45. The van der Waals surface area contributed by atoms with Gasteiger partial charge in [-0.3, -0.25) is 19.1 Å². The van der Waals surface area contributed by atoms with E-state index in [4.69, 9.17) is 5.73 Å². The fourth-order valence-corrected chi connectivity index (χ4v) is 2.81. The number of hydrogen-bond donors (Lipinski definition) is 2. The van der Waals surface area contributed by atoms with Gasteiger partial charge < -0.3 is 5.73 Å². The van der Waals surface area contributed by atoms with E-state index < -0.39 is 23.8 Å². The number of H-pyrrole nitrogens is 1. The van der Waals surface area contributed by atoms with Gasteiger partial charge in [0.2, 0.25) is 0 Å². The molecule has 0 aromatic carbocycles. The molecule has 0 saturated heterocycles. The highest BCUT2D eigenvalue weighted by Gasteiger charge is 2.18. The molecule has 2 rings (SSSR count). The molecule has 96 valence electrons. The Bertz CT molecular complexity index is 743. The molecule has 6 nitrogen and oxygen atoms in total. The second kappa shape index (κ2) is 4.37. The topological polar surface area (TPSA) is 97.9 Å². The van der Waals surface area contributed by atoms with Crippen LogP contribution in [0.3, 0.4) is 0 Å². The standard InChI is InChI=1S/C10H10FN3O3S/c1-4-5-8(18-6(4)7(12)15)13-10(17)14(3-2-11)9(5)16/h2-3H2,1H3,(H2,12,15)(H,13,17). The van der Waals surface area contributed by atoms with Crippen LogP contribution in [0.5, 0.6) is 0 Å². The predicted molar refractivity (Wildman–Crippen MR) is 65.9 cm³/mol. The van der Waals surface area contributed by atoms with Crippen molar-refractivity contribution in [3.63, 3.8) is 0 Å². The third kappa shape index (κ3) is 1.74. The van der Waals surface area contributed by atoms with E-state index in [1.54, 1.807) is 6.92 Å². The first kappa shape index (κ1) is 12.5. The fourth-order valence-electron chi connectivity index (χ4n) is 1.77. The lowest BCUT2D eigenvalue weighted by atomic mass is 10.2. The highest BCUT2D eigenvalue weighted by molar-refractivity contribution is 7.20. The van der Waals surface area contributed by atoms with Gasteiger partial charge in [-0.2, -0.15) is 0 Å². The number of primary amides is 1. The number of fused-ring (bicyclic) bond motifs is 1. The number of aromatic nitrogens is 2. The number of nitrogens with zero attached hydrogens (tertiary/aromatic N) is 1. The molecule has 0 spiro atoms. The molecular formula is C10H10FN3O3S. The van der Waals surface area contributed by atoms with Gasteiger partial charge in [-0.15, -0.1) is 11.3 Å². The summed E-state index contributed by atoms with van der Waals surface area (Å²) < 4.78 is 13.1. The van der Waals surface area contributed by atoms with Crippen LogP contribution in [0.15, 0.2) is 9.59 Å². The molecule has 18 heavy (non-hydrogen) atoms. The van der Waals surface area contributed by atoms with Gasteiger partial charge in [0.1, 0.15) is 11.5 Å². The number of carbonyl (C=O) groups is 1. The Morgan fingerprint density at radius 1 is 1.50 bits per heavy atom. The minimum Gasteiger partial charge on any atom is -0.365 e. The summed E-state index contributed by atoms with van der Waals surface area (Å²) in [4.78, 5) is 37.7. The van der Waals surface area contributed by atoms with E-state index in [2.05, 4.69) is 4.98 Å². The Morgan fingerprint density at radius 2 is 2.17 bits per heavy atom. The minimum absolute atomic E-state index is 0.210. The maximum absolute atomic E-state index is 12.3. The van der Waals surface area contributed by atoms with Crippen molar-refractivity contribution >= 4 is 27.5 Å². The number of halogens is 1. The van der Waals surface area contributed by atoms with Crippen molar-refractivity contribution in [1.82, 2.24) is 9.55 Å². The second-order valence-corrected chi connectivity index (χ2v) is 4.72. The predicted octanol–water partition coefficient (Wildman–Crippen LogP) is 0.128. The number of hydrogen-bond acceptors (Lipinski definition) is 4. The van der Waals surface area contributed by atoms with E-state index in [-0.39, 0.29) is 21.6 Å². The molecule has 0 fully saturated rings. The maximum atomic E-state index is 12.3. The summed E-state index contributed by atoms with van der Waals surface area (Å²) >= 11 is 0.950. The molecular weight excluding hydrogens is 261 g/mol. The van der Waals surface area contributed by atoms with Crippen molar-refractivity contribution in [3.8, 4) is 0 Å². The van der Waals surface area contributed by atoms with Crippen LogP contribution in [0.25, 0.3) is 10.2 Å². The molecule has 0 unspecified atom stereocenters. The Balaban J connectivity index is 2.89. The number of alkyl halides is 1. The lowest BCUT2D eigenvalue weighted by Gasteiger charge is -2.01. The second-order valence-electron chi connectivity index (χ2n) is 3.70. The normalized spacial score (nSPS) is 11.0. The number of thiophene rings is 1. The van der Waals surface area contributed by atoms with Gasteiger partial charge >= 0.3 is 5.69 Å². The summed E-state index contributed by atoms with van der Waals surface area (Å²) in [6.45, 7) is 0.435. The van der Waals surface area contributed by atoms with E-state index in [9.17, 15) is 18.8 Å². The summed E-state index contributed by atoms with van der Waals surface area (Å²) in [5, 5.41) is 0.210. The number of carbonyl (C=O) groups excluding carboxylic acids is 1. The van der Waals surface area contributed by atoms with Crippen LogP contribution in [-0.4, -0.2) is 22.1 Å². The maximum Gasteiger partial charge on any atom is 0.329 e. The third-order valence-electron chi connectivity index (χ3n) is 2.60. The molecule has 3 N–H and O–H groups in total. The van der Waals surface area contributed by atoms with Crippen LogP contribution in [0.4, 0.5) is 4.39 Å². The first-order chi connectivity index (χ1) is 8.47. The number of aromatic amines is 1. The molecule has 8 heteroatoms. The average Bonchev–Trinajstić information content (AvgIpc) is 2.62. The molecule has 2 aromatic rings. The number of amides is 1. The molecule has 0 aliphatic rings. The van der Waals surface area contributed by atoms with Crippen molar-refractivity contribution in [2.75, 3.05) is 6.67 Å². The minimum atomic E-state index is -0.819. The SMILES string of the molecule is Cc1c(C(N)=O)sc2[nH]c(=O)n(CCF)c(=O)c12. The monoisotopic (exact) mass is 271 g/mol. The Kier molecular flexibility index (Phi) is 3.04. The summed E-state index contributed by atoms with van der Waals surface area (Å²) in [5.41, 5.74) is 4.29. The van der Waals surface area contributed by atoms with Crippen LogP contribution in [0.2, 0.25) is 0 Å². The molecule has 2 aromatic heterocycles. The quantitative estimate of drug-likeness (QED) is 0.830. The Morgan fingerprint density at radius 3 is 2.72 bits per heavy atom. The van der Waals surface area contributed by atoms with Gasteiger partial charge in [-0.1, -0.05) is 0 Å². The van der Waals surface area contributed by atoms with Crippen LogP contribution in [-0.2, 0) is 6.54 Å². The van der Waals surface area contributed by atoms with Crippen molar-refractivity contribution < 1.29 is 9.18 Å². The van der Waals surface area contributed by atoms with Crippen LogP contribution in [0.1, 0.15) is 15.2 Å². The Hall–Kier alpha value is -1.96. The summed E-state index contributed by atoms with van der Waals surface area (Å²) in [7, 11) is 0. The number of aryl methyl sites for hydroxylation is 1. The van der Waals surface area contributed by atoms with Gasteiger partial charge in [0.15, 0.2) is 0 Å². The smallest absolute Gasteiger partial charge is 0.329 e. The van der Waals surface area contributed by atoms with E-state index in [0.717, 1.165) is 15.9 Å². The van der Waals surface area contributed by atoms with Gasteiger partial charge in [0.25, 0.3) is 11.5 Å². The summed E-state index contributed by atoms with van der Waals surface area (Å²) in [5.74, 6) is -0.661. The van der Waals surface area contributed by atoms with Gasteiger partial charge in [0, 0.05) is 0 Å². The van der Waals surface area contributed by atoms with Crippen molar-refractivity contribution in [3.05, 3.63) is 31.3 Å². The molecule has 0 saturated carbocycles. The Labute approximate surface area is 104 Å². The highest BCUT2D eigenvalue weighted by atomic mass is 32.1. The first-order valence-electron chi connectivity index (χ1n) is 5.09. The molecule has 0 aliphatic heterocycles. The number of rotatable bonds is 3. The zero-order chi connectivity index (χ0) is 13.4.